The van der Waals surface area contributed by atoms with Crippen molar-refractivity contribution in [3.05, 3.63) is 108 Å². The number of pyridine rings is 2. The van der Waals surface area contributed by atoms with E-state index in [1.54, 1.807) is 42.9 Å². The summed E-state index contributed by atoms with van der Waals surface area (Å²) in [5.74, 6) is -0.145. The Labute approximate surface area is 163 Å². The average molecular weight is 366 g/mol. The number of hydrogen-bond donors (Lipinski definition) is 0. The molecular formula is C23H18N4O. The van der Waals surface area contributed by atoms with Crippen molar-refractivity contribution in [3.63, 3.8) is 0 Å². The van der Waals surface area contributed by atoms with E-state index in [1.807, 2.05) is 41.2 Å². The van der Waals surface area contributed by atoms with Gasteiger partial charge in [0.1, 0.15) is 11.4 Å². The van der Waals surface area contributed by atoms with Gasteiger partial charge in [-0.05, 0) is 42.0 Å². The van der Waals surface area contributed by atoms with Crippen LogP contribution in [-0.2, 0) is 6.54 Å². The van der Waals surface area contributed by atoms with Crippen LogP contribution in [0.3, 0.4) is 0 Å². The quantitative estimate of drug-likeness (QED) is 0.377. The molecule has 136 valence electrons. The fourth-order valence-electron chi connectivity index (χ4n) is 2.90. The van der Waals surface area contributed by atoms with Crippen LogP contribution in [0, 0.1) is 0 Å². The molecule has 0 N–H and O–H groups in total. The maximum absolute atomic E-state index is 12.4. The number of ketones is 1. The van der Waals surface area contributed by atoms with E-state index < -0.39 is 0 Å². The number of aromatic nitrogens is 4. The van der Waals surface area contributed by atoms with Gasteiger partial charge < -0.3 is 0 Å². The zero-order valence-corrected chi connectivity index (χ0v) is 15.1. The number of carbonyl (C=O) groups excluding carboxylic acids is 1. The monoisotopic (exact) mass is 366 g/mol. The van der Waals surface area contributed by atoms with Crippen molar-refractivity contribution < 1.29 is 4.79 Å². The first-order valence-corrected chi connectivity index (χ1v) is 8.95. The standard InChI is InChI=1S/C23H18N4O/c28-22(21-10-4-5-14-25-21)12-11-20-17-27(16-18-7-2-1-3-8-18)26-23(20)19-9-6-13-24-15-19/h1-15,17H,16H2. The highest BCUT2D eigenvalue weighted by molar-refractivity contribution is 6.05. The Morgan fingerprint density at radius 2 is 1.82 bits per heavy atom. The van der Waals surface area contributed by atoms with Crippen molar-refractivity contribution in [2.75, 3.05) is 0 Å². The van der Waals surface area contributed by atoms with Crippen molar-refractivity contribution in [2.24, 2.45) is 0 Å². The molecule has 0 bridgehead atoms. The molecule has 0 spiro atoms. The predicted octanol–water partition coefficient (Wildman–Crippen LogP) is 4.28. The Morgan fingerprint density at radius 1 is 0.964 bits per heavy atom. The number of hydrogen-bond acceptors (Lipinski definition) is 4. The van der Waals surface area contributed by atoms with Crippen LogP contribution in [0.5, 0.6) is 0 Å². The van der Waals surface area contributed by atoms with Crippen LogP contribution in [0.25, 0.3) is 17.3 Å². The molecule has 0 radical (unpaired) electrons. The Balaban J connectivity index is 1.66. The fourth-order valence-corrected chi connectivity index (χ4v) is 2.90. The summed E-state index contributed by atoms with van der Waals surface area (Å²) in [4.78, 5) is 20.7. The second-order valence-electron chi connectivity index (χ2n) is 6.27. The van der Waals surface area contributed by atoms with Gasteiger partial charge in [0.15, 0.2) is 0 Å². The summed E-state index contributed by atoms with van der Waals surface area (Å²) in [7, 11) is 0. The van der Waals surface area contributed by atoms with E-state index in [9.17, 15) is 4.79 Å². The summed E-state index contributed by atoms with van der Waals surface area (Å²) in [5.41, 5.74) is 4.11. The summed E-state index contributed by atoms with van der Waals surface area (Å²) < 4.78 is 1.88. The first kappa shape index (κ1) is 17.5. The maximum Gasteiger partial charge on any atom is 0.204 e. The van der Waals surface area contributed by atoms with Crippen molar-refractivity contribution in [1.29, 1.82) is 0 Å². The van der Waals surface area contributed by atoms with Gasteiger partial charge in [0.25, 0.3) is 0 Å². The van der Waals surface area contributed by atoms with E-state index in [-0.39, 0.29) is 5.78 Å². The normalized spacial score (nSPS) is 11.0. The van der Waals surface area contributed by atoms with Gasteiger partial charge in [0.05, 0.1) is 6.54 Å². The van der Waals surface area contributed by atoms with E-state index in [0.29, 0.717) is 12.2 Å². The Morgan fingerprint density at radius 3 is 2.57 bits per heavy atom. The summed E-state index contributed by atoms with van der Waals surface area (Å²) in [6.45, 7) is 0.649. The van der Waals surface area contributed by atoms with E-state index in [2.05, 4.69) is 22.1 Å². The molecule has 0 saturated carbocycles. The van der Waals surface area contributed by atoms with Gasteiger partial charge >= 0.3 is 0 Å². The number of carbonyl (C=O) groups is 1. The van der Waals surface area contributed by atoms with Crippen molar-refractivity contribution >= 4 is 11.9 Å². The maximum atomic E-state index is 12.4. The SMILES string of the molecule is O=C(C=Cc1cn(Cc2ccccc2)nc1-c1cccnc1)c1ccccn1. The first-order valence-electron chi connectivity index (χ1n) is 8.95. The molecule has 4 rings (SSSR count). The molecule has 0 unspecified atom stereocenters. The topological polar surface area (TPSA) is 60.7 Å². The lowest BCUT2D eigenvalue weighted by atomic mass is 10.1. The van der Waals surface area contributed by atoms with Crippen LogP contribution in [0.4, 0.5) is 0 Å². The highest BCUT2D eigenvalue weighted by Crippen LogP contribution is 2.23. The van der Waals surface area contributed by atoms with E-state index in [0.717, 1.165) is 22.4 Å². The van der Waals surface area contributed by atoms with Crippen LogP contribution >= 0.6 is 0 Å². The fraction of sp³-hybridized carbons (Fsp3) is 0.0435. The van der Waals surface area contributed by atoms with Crippen molar-refractivity contribution in [1.82, 2.24) is 19.7 Å². The van der Waals surface area contributed by atoms with Crippen LogP contribution in [-0.4, -0.2) is 25.5 Å². The second kappa shape index (κ2) is 8.22. The third kappa shape index (κ3) is 4.10. The van der Waals surface area contributed by atoms with Crippen LogP contribution in [0.15, 0.2) is 91.5 Å². The molecule has 1 aromatic carbocycles. The summed E-state index contributed by atoms with van der Waals surface area (Å²) in [5, 5.41) is 4.72. The summed E-state index contributed by atoms with van der Waals surface area (Å²) in [6.07, 6.45) is 10.4. The third-order valence-electron chi connectivity index (χ3n) is 4.24. The molecule has 4 aromatic rings. The van der Waals surface area contributed by atoms with Crippen molar-refractivity contribution in [3.8, 4) is 11.3 Å². The molecule has 0 fully saturated rings. The molecule has 0 aliphatic rings. The largest absolute Gasteiger partial charge is 0.288 e. The highest BCUT2D eigenvalue weighted by atomic mass is 16.1. The molecule has 0 aliphatic heterocycles. The van der Waals surface area contributed by atoms with E-state index in [4.69, 9.17) is 5.10 Å². The Bertz CT molecular complexity index is 1090. The average Bonchev–Trinajstić information content (AvgIpc) is 3.16. The van der Waals surface area contributed by atoms with Gasteiger partial charge in [-0.25, -0.2) is 0 Å². The van der Waals surface area contributed by atoms with Gasteiger partial charge in [0.2, 0.25) is 5.78 Å². The number of nitrogens with zero attached hydrogens (tertiary/aromatic N) is 4. The molecule has 0 atom stereocenters. The van der Waals surface area contributed by atoms with Gasteiger partial charge in [0, 0.05) is 35.9 Å². The molecule has 3 heterocycles. The Hall–Kier alpha value is -3.86. The predicted molar refractivity (Wildman–Crippen MR) is 109 cm³/mol. The lowest BCUT2D eigenvalue weighted by Crippen LogP contribution is -2.00. The van der Waals surface area contributed by atoms with E-state index >= 15 is 0 Å². The molecule has 0 aliphatic carbocycles. The van der Waals surface area contributed by atoms with Crippen LogP contribution in [0.1, 0.15) is 21.6 Å². The van der Waals surface area contributed by atoms with Gasteiger partial charge in [-0.1, -0.05) is 36.4 Å². The van der Waals surface area contributed by atoms with Crippen LogP contribution in [0.2, 0.25) is 0 Å². The molecule has 0 amide bonds. The number of allylic oxidation sites excluding steroid dienone is 1. The first-order chi connectivity index (χ1) is 13.8. The number of rotatable bonds is 6. The van der Waals surface area contributed by atoms with Crippen LogP contribution < -0.4 is 0 Å². The highest BCUT2D eigenvalue weighted by Gasteiger charge is 2.11. The molecule has 3 aromatic heterocycles. The number of benzene rings is 1. The summed E-state index contributed by atoms with van der Waals surface area (Å²) in [6, 6.07) is 19.2. The molecular weight excluding hydrogens is 348 g/mol. The minimum absolute atomic E-state index is 0.145. The van der Waals surface area contributed by atoms with Gasteiger partial charge in [-0.3, -0.25) is 19.4 Å². The molecule has 28 heavy (non-hydrogen) atoms. The molecule has 5 nitrogen and oxygen atoms in total. The van der Waals surface area contributed by atoms with Gasteiger partial charge in [-0.15, -0.1) is 0 Å². The Kier molecular flexibility index (Phi) is 5.15. The van der Waals surface area contributed by atoms with E-state index in [1.165, 1.54) is 6.08 Å². The van der Waals surface area contributed by atoms with Crippen molar-refractivity contribution in [2.45, 2.75) is 6.54 Å². The molecule has 0 saturated heterocycles. The lowest BCUT2D eigenvalue weighted by Gasteiger charge is -2.01. The molecule has 5 heteroatoms. The smallest absolute Gasteiger partial charge is 0.204 e. The zero-order chi connectivity index (χ0) is 19.2. The zero-order valence-electron chi connectivity index (χ0n) is 15.1. The second-order valence-corrected chi connectivity index (χ2v) is 6.27. The summed E-state index contributed by atoms with van der Waals surface area (Å²) >= 11 is 0. The minimum Gasteiger partial charge on any atom is -0.288 e. The third-order valence-corrected chi connectivity index (χ3v) is 4.24. The lowest BCUT2D eigenvalue weighted by molar-refractivity contribution is 0.104. The van der Waals surface area contributed by atoms with Gasteiger partial charge in [-0.2, -0.15) is 5.10 Å². The minimum atomic E-state index is -0.145.